The van der Waals surface area contributed by atoms with Crippen molar-refractivity contribution >= 4 is 0 Å². The second-order valence-electron chi connectivity index (χ2n) is 11.8. The van der Waals surface area contributed by atoms with E-state index in [0.29, 0.717) is 0 Å². The van der Waals surface area contributed by atoms with Crippen molar-refractivity contribution in [3.63, 3.8) is 0 Å². The zero-order chi connectivity index (χ0) is 23.0. The van der Waals surface area contributed by atoms with Crippen LogP contribution in [0.4, 0.5) is 0 Å². The van der Waals surface area contributed by atoms with Crippen LogP contribution < -0.4 is 0 Å². The molecule has 0 heterocycles. The number of benzene rings is 4. The van der Waals surface area contributed by atoms with E-state index < -0.39 is 0 Å². The molecule has 4 bridgehead atoms. The van der Waals surface area contributed by atoms with E-state index in [0.717, 1.165) is 30.1 Å². The Morgan fingerprint density at radius 1 is 0.543 bits per heavy atom. The second-order valence-corrected chi connectivity index (χ2v) is 11.8. The molecule has 1 spiro atoms. The zero-order valence-corrected chi connectivity index (χ0v) is 20.3. The monoisotopic (exact) mass is 452 g/mol. The fourth-order valence-corrected chi connectivity index (χ4v) is 9.11. The average molecular weight is 453 g/mol. The molecular weight excluding hydrogens is 420 g/mol. The molecule has 4 aromatic rings. The lowest BCUT2D eigenvalue weighted by Gasteiger charge is -2.61. The van der Waals surface area contributed by atoms with E-state index in [-0.39, 0.29) is 5.41 Å². The lowest BCUT2D eigenvalue weighted by molar-refractivity contribution is -0.0399. The summed E-state index contributed by atoms with van der Waals surface area (Å²) in [6, 6.07) is 36.8. The van der Waals surface area contributed by atoms with Gasteiger partial charge in [0.15, 0.2) is 0 Å². The predicted molar refractivity (Wildman–Crippen MR) is 144 cm³/mol. The lowest BCUT2D eigenvalue weighted by Crippen LogP contribution is -2.55. The van der Waals surface area contributed by atoms with Gasteiger partial charge in [0.05, 0.1) is 0 Å². The van der Waals surface area contributed by atoms with Gasteiger partial charge in [0.1, 0.15) is 0 Å². The van der Waals surface area contributed by atoms with Gasteiger partial charge in [-0.15, -0.1) is 0 Å². The molecule has 0 N–H and O–H groups in total. The van der Waals surface area contributed by atoms with Gasteiger partial charge in [0.25, 0.3) is 0 Å². The highest BCUT2D eigenvalue weighted by molar-refractivity contribution is 5.82. The molecule has 9 rings (SSSR count). The molecule has 0 unspecified atom stereocenters. The summed E-state index contributed by atoms with van der Waals surface area (Å²) in [6.45, 7) is 0. The first kappa shape index (κ1) is 20.1. The molecule has 0 atom stereocenters. The van der Waals surface area contributed by atoms with Crippen molar-refractivity contribution in [1.82, 2.24) is 0 Å². The van der Waals surface area contributed by atoms with Crippen molar-refractivity contribution in [2.75, 3.05) is 0 Å². The van der Waals surface area contributed by atoms with Gasteiger partial charge in [-0.25, -0.2) is 0 Å². The molecule has 0 saturated heterocycles. The third kappa shape index (κ3) is 2.80. The molecule has 35 heavy (non-hydrogen) atoms. The van der Waals surface area contributed by atoms with E-state index in [1.165, 1.54) is 65.5 Å². The molecule has 4 fully saturated rings. The normalized spacial score (nSPS) is 29.4. The maximum absolute atomic E-state index is 2.55. The van der Waals surface area contributed by atoms with Gasteiger partial charge >= 0.3 is 0 Å². The summed E-state index contributed by atoms with van der Waals surface area (Å²) in [5.74, 6) is 3.66. The van der Waals surface area contributed by atoms with E-state index in [1.807, 2.05) is 0 Å². The Hall–Kier alpha value is -3.12. The van der Waals surface area contributed by atoms with Crippen molar-refractivity contribution in [3.8, 4) is 22.3 Å². The second kappa shape index (κ2) is 7.44. The Balaban J connectivity index is 1.24. The minimum atomic E-state index is 0.278. The molecule has 4 saturated carbocycles. The van der Waals surface area contributed by atoms with Crippen LogP contribution in [0.1, 0.15) is 54.4 Å². The van der Waals surface area contributed by atoms with E-state index >= 15 is 0 Å². The summed E-state index contributed by atoms with van der Waals surface area (Å²) in [5.41, 5.74) is 12.2. The molecule has 5 aliphatic carbocycles. The molecule has 0 radical (unpaired) electrons. The van der Waals surface area contributed by atoms with Crippen LogP contribution in [0, 0.1) is 23.7 Å². The Morgan fingerprint density at radius 3 is 1.94 bits per heavy atom. The van der Waals surface area contributed by atoms with Crippen LogP contribution in [0.25, 0.3) is 22.3 Å². The molecular formula is C35H32. The summed E-state index contributed by atoms with van der Waals surface area (Å²) in [4.78, 5) is 0. The van der Waals surface area contributed by atoms with Gasteiger partial charge in [0.2, 0.25) is 0 Å². The minimum absolute atomic E-state index is 0.278. The Bertz CT molecular complexity index is 1400. The quantitative estimate of drug-likeness (QED) is 0.292. The van der Waals surface area contributed by atoms with Gasteiger partial charge < -0.3 is 0 Å². The van der Waals surface area contributed by atoms with Crippen LogP contribution in [0.5, 0.6) is 0 Å². The molecule has 172 valence electrons. The van der Waals surface area contributed by atoms with E-state index in [9.17, 15) is 0 Å². The smallest absolute Gasteiger partial charge is 0.0271 e. The number of fused-ring (bicyclic) bond motifs is 3. The zero-order valence-electron chi connectivity index (χ0n) is 20.3. The van der Waals surface area contributed by atoms with Gasteiger partial charge in [-0.3, -0.25) is 0 Å². The molecule has 0 nitrogen and oxygen atoms in total. The summed E-state index contributed by atoms with van der Waals surface area (Å²) in [6.07, 6.45) is 8.29. The Labute approximate surface area is 209 Å². The summed E-state index contributed by atoms with van der Waals surface area (Å²) in [7, 11) is 0. The predicted octanol–water partition coefficient (Wildman–Crippen LogP) is 8.67. The molecule has 0 aliphatic heterocycles. The van der Waals surface area contributed by atoms with Gasteiger partial charge in [-0.2, -0.15) is 0 Å². The number of hydrogen-bond donors (Lipinski definition) is 0. The van der Waals surface area contributed by atoms with Gasteiger partial charge in [-0.1, -0.05) is 97.1 Å². The first-order valence-corrected chi connectivity index (χ1v) is 13.7. The topological polar surface area (TPSA) is 0 Å². The van der Waals surface area contributed by atoms with Crippen LogP contribution in [0.2, 0.25) is 0 Å². The third-order valence-electron chi connectivity index (χ3n) is 10.1. The lowest BCUT2D eigenvalue weighted by atomic mass is 9.43. The van der Waals surface area contributed by atoms with Crippen LogP contribution >= 0.6 is 0 Å². The maximum atomic E-state index is 2.55. The van der Waals surface area contributed by atoms with Crippen LogP contribution in [0.3, 0.4) is 0 Å². The van der Waals surface area contributed by atoms with Crippen LogP contribution in [0.15, 0.2) is 97.1 Å². The number of hydrogen-bond acceptors (Lipinski definition) is 0. The van der Waals surface area contributed by atoms with E-state index in [2.05, 4.69) is 97.1 Å². The standard InChI is InChI=1S/C35H32/c1-2-8-26(9-3-1)30-11-5-4-10-27(30)17-23-14-15-34-32(22-23)31-12-6-7-13-33(31)35(34)28-18-24-16-25(20-28)21-29(35)19-24/h1-15,22,24-25,28-29H,16-21H2. The summed E-state index contributed by atoms with van der Waals surface area (Å²) >= 11 is 0. The molecule has 4 aromatic carbocycles. The first-order chi connectivity index (χ1) is 17.3. The minimum Gasteiger partial charge on any atom is -0.0622 e. The summed E-state index contributed by atoms with van der Waals surface area (Å²) in [5, 5.41) is 0. The SMILES string of the molecule is c1ccc(-c2ccccc2Cc2ccc3c(c2)-c2ccccc2C32C3CC4CC(C3)CC2C4)cc1. The summed E-state index contributed by atoms with van der Waals surface area (Å²) < 4.78 is 0. The van der Waals surface area contributed by atoms with Crippen molar-refractivity contribution in [2.24, 2.45) is 23.7 Å². The first-order valence-electron chi connectivity index (χ1n) is 13.7. The largest absolute Gasteiger partial charge is 0.0622 e. The number of rotatable bonds is 3. The van der Waals surface area contributed by atoms with Gasteiger partial charge in [0, 0.05) is 5.41 Å². The molecule has 0 aromatic heterocycles. The van der Waals surface area contributed by atoms with Crippen molar-refractivity contribution in [3.05, 3.63) is 119 Å². The van der Waals surface area contributed by atoms with E-state index in [4.69, 9.17) is 0 Å². The van der Waals surface area contributed by atoms with E-state index in [1.54, 1.807) is 11.1 Å². The highest BCUT2D eigenvalue weighted by Crippen LogP contribution is 2.69. The maximum Gasteiger partial charge on any atom is 0.0271 e. The van der Waals surface area contributed by atoms with Crippen molar-refractivity contribution in [2.45, 2.75) is 43.9 Å². The average Bonchev–Trinajstić information content (AvgIpc) is 3.18. The highest BCUT2D eigenvalue weighted by atomic mass is 14.6. The third-order valence-corrected chi connectivity index (χ3v) is 10.1. The fraction of sp³-hybridized carbons (Fsp3) is 0.314. The van der Waals surface area contributed by atoms with Crippen molar-refractivity contribution < 1.29 is 0 Å². The Kier molecular flexibility index (Phi) is 4.27. The Morgan fingerprint density at radius 2 is 1.17 bits per heavy atom. The van der Waals surface area contributed by atoms with Crippen molar-refractivity contribution in [1.29, 1.82) is 0 Å². The molecule has 0 amide bonds. The van der Waals surface area contributed by atoms with Crippen LogP contribution in [-0.2, 0) is 11.8 Å². The highest BCUT2D eigenvalue weighted by Gasteiger charge is 2.61. The van der Waals surface area contributed by atoms with Gasteiger partial charge in [-0.05, 0) is 107 Å². The van der Waals surface area contributed by atoms with Crippen LogP contribution in [-0.4, -0.2) is 0 Å². The molecule has 0 heteroatoms. The molecule has 5 aliphatic rings. The fourth-order valence-electron chi connectivity index (χ4n) is 9.11.